The number of benzene rings is 6. The van der Waals surface area contributed by atoms with E-state index in [0.29, 0.717) is 77.6 Å². The fourth-order valence-corrected chi connectivity index (χ4v) is 20.4. The van der Waals surface area contributed by atoms with Gasteiger partial charge in [-0.3, -0.25) is 14.4 Å². The number of carbonyl (C=O) groups is 9. The summed E-state index contributed by atoms with van der Waals surface area (Å²) in [6, 6.07) is 63.2. The van der Waals surface area contributed by atoms with Crippen LogP contribution in [0.1, 0.15) is 138 Å². The van der Waals surface area contributed by atoms with Gasteiger partial charge in [0.05, 0.1) is 45.2 Å². The molecule has 6 rings (SSSR count). The molecule has 0 radical (unpaired) electrons. The second-order valence-corrected chi connectivity index (χ2v) is 37.1. The fraction of sp³-hybridized carbons (Fsp3) is 0.235. The molecule has 716 valence electrons. The number of hydrogen-bond acceptors (Lipinski definition) is 17. The topological polar surface area (TPSA) is 270 Å². The van der Waals surface area contributed by atoms with E-state index in [-0.39, 0.29) is 123 Å². The Kier molecular flexibility index (Phi) is 76.7. The molecule has 22 heteroatoms. The first-order valence-electron chi connectivity index (χ1n) is 43.8. The smallest absolute Gasteiger partial charge is 0.870 e. The second-order valence-electron chi connectivity index (χ2n) is 29.8. The van der Waals surface area contributed by atoms with Gasteiger partial charge in [-0.15, -0.1) is 23.1 Å². The molecule has 0 aromatic heterocycles. The number of ether oxygens (including phenoxy) is 5. The van der Waals surface area contributed by atoms with E-state index in [0.717, 1.165) is 52.9 Å². The molecule has 1 atom stereocenters. The van der Waals surface area contributed by atoms with Gasteiger partial charge in [0.15, 0.2) is 5.66 Å². The van der Waals surface area contributed by atoms with Crippen LogP contribution < -0.4 is 96.0 Å². The SMILES string of the molecule is Br.CCOC(=O)/C(C)=C/C=C/C(C)=C/C=C/C=C(C)/C=C(\C)C(=O)OCC.CCOC(=O)/C(C)=C/C=C/C(C)=C/C=C/C=C(\C)C=O.CCOC(=O)/C(C)=C/C[P+](c1ccccc1)(c1ccccc1)c1ccccc1.CCOC(=O)C(C)[P+](c1ccccc1)(c1ccccc1)c1ccccc1.C\C(C=O)=C/C=C/C=C(\C)C=O.C\C([C-]=O)=C/C=C/C(C)=C/C=C/C=C(C)/C=C(\C)C(=O)[O-].[Na+].[Na+].[OH-]. The average Bonchev–Trinajstić information content (AvgIpc) is 0.736. The molecule has 0 amide bonds. The van der Waals surface area contributed by atoms with Crippen LogP contribution in [0.25, 0.3) is 0 Å². The maximum absolute atomic E-state index is 12.9. The monoisotopic (exact) mass is 1980 g/mol. The van der Waals surface area contributed by atoms with Crippen molar-refractivity contribution < 1.29 is 141 Å². The molecule has 17 nitrogen and oxygen atoms in total. The molecule has 1 N–H and O–H groups in total. The minimum Gasteiger partial charge on any atom is -0.870 e. The van der Waals surface area contributed by atoms with Crippen LogP contribution in [0.15, 0.2) is 430 Å². The van der Waals surface area contributed by atoms with Gasteiger partial charge in [-0.25, -0.2) is 30.0 Å². The maximum atomic E-state index is 12.9. The number of aliphatic carboxylic acids is 1. The van der Waals surface area contributed by atoms with Crippen molar-refractivity contribution in [2.24, 2.45) is 0 Å². The van der Waals surface area contributed by atoms with Crippen LogP contribution in [0.3, 0.4) is 0 Å². The molecular formula is C115H136BrNa2O17P2+. The van der Waals surface area contributed by atoms with Crippen molar-refractivity contribution in [1.82, 2.24) is 0 Å². The fourth-order valence-electron chi connectivity index (χ4n) is 11.7. The van der Waals surface area contributed by atoms with Crippen molar-refractivity contribution in [1.29, 1.82) is 0 Å². The van der Waals surface area contributed by atoms with Crippen molar-refractivity contribution >= 4 is 124 Å². The zero-order chi connectivity index (χ0) is 99.2. The van der Waals surface area contributed by atoms with Gasteiger partial charge in [0, 0.05) is 22.3 Å². The number of aldehydes is 3. The van der Waals surface area contributed by atoms with Crippen LogP contribution in [0.2, 0.25) is 0 Å². The summed E-state index contributed by atoms with van der Waals surface area (Å²) in [5.41, 5.74) is 9.71. The molecule has 0 aliphatic heterocycles. The van der Waals surface area contributed by atoms with Crippen molar-refractivity contribution in [3.05, 3.63) is 430 Å². The van der Waals surface area contributed by atoms with E-state index in [1.165, 1.54) is 38.8 Å². The van der Waals surface area contributed by atoms with Crippen LogP contribution in [0.4, 0.5) is 0 Å². The molecule has 0 aliphatic carbocycles. The van der Waals surface area contributed by atoms with E-state index in [1.54, 1.807) is 155 Å². The van der Waals surface area contributed by atoms with E-state index in [2.05, 4.69) is 115 Å². The number of hydrogen-bond donors (Lipinski definition) is 0. The summed E-state index contributed by atoms with van der Waals surface area (Å²) >= 11 is 0. The first-order valence-corrected chi connectivity index (χ1v) is 47.7. The van der Waals surface area contributed by atoms with Gasteiger partial charge in [-0.2, -0.15) is 5.57 Å². The molecule has 137 heavy (non-hydrogen) atoms. The standard InChI is InChI=1S/C25H26O2P.C23H24O2P.C22H30O4.C18H21O3.C17H22O3.C10H12O2.BrH.2Na.H2O/c1-3-27-25(26)21(2)19-20-28(22-13-7-4-8-14-22,23-15-9-5-10-16-23)24-17-11-6-12-18-24;1-3-25-23(24)19(2)26(20-13-7-4-8-14-20,21-15-9-5-10-16-21)22-17-11-6-12-18-22;1-7-25-21(23)19(5)15-11-14-17(3)12-9-10-13-18(4)16-20(6)22(24)26-8-2;1-14(10-7-11-16(3)13-19)8-5-6-9-15(2)12-17(4)18(20)21;1-5-20-17(19)16(4)12-8-11-14(2)9-6-7-10-15(3)13-18;1-9(7-11)5-3-4-6-10(2)8-12;;;;/h4-19H,3,20H2,1-2H3;4-19H,3H2,1-2H3;9-16H,7-8H2,1-6H3;5-12H,1-4H3,(H,20,21);6-13H,5H2,1-4H3;3-8H,1-2H3;1H;;;1H2/q2*+1;;-1;;;;2*+1;/p-2/b21-19+;;10-9+,14-11+,17-12+,18-13+,19-15+,20-16+;6-5+,10-7+,14-8+,15-9+,16-11+,17-12+;7-6+,11-8+,14-9+,15-10+,16-12+;4-3+,9-5+,10-6+;;;;. The summed E-state index contributed by atoms with van der Waals surface area (Å²) < 4.78 is 25.4. The second kappa shape index (κ2) is 79.7. The first kappa shape index (κ1) is 132. The number of carboxylic acids is 1. The van der Waals surface area contributed by atoms with Crippen molar-refractivity contribution in [3.8, 4) is 0 Å². The minimum absolute atomic E-state index is 0. The van der Waals surface area contributed by atoms with Crippen LogP contribution in [0.5, 0.6) is 0 Å². The third kappa shape index (κ3) is 54.4. The number of esters is 5. The van der Waals surface area contributed by atoms with Crippen molar-refractivity contribution in [2.75, 3.05) is 39.2 Å². The van der Waals surface area contributed by atoms with Crippen molar-refractivity contribution in [3.63, 3.8) is 0 Å². The molecule has 0 bridgehead atoms. The summed E-state index contributed by atoms with van der Waals surface area (Å²) in [5, 5.41) is 18.0. The van der Waals surface area contributed by atoms with Crippen molar-refractivity contribution in [2.45, 2.75) is 144 Å². The van der Waals surface area contributed by atoms with Crippen LogP contribution >= 0.6 is 31.5 Å². The summed E-state index contributed by atoms with van der Waals surface area (Å²) in [6.45, 7) is 37.9. The molecule has 0 heterocycles. The summed E-state index contributed by atoms with van der Waals surface area (Å²) in [6.07, 6.45) is 55.8. The van der Waals surface area contributed by atoms with Crippen LogP contribution in [-0.2, 0) is 71.6 Å². The van der Waals surface area contributed by atoms with Gasteiger partial charge in [0.25, 0.3) is 0 Å². The largest absolute Gasteiger partial charge is 1.00 e. The summed E-state index contributed by atoms with van der Waals surface area (Å²) in [4.78, 5) is 111. The van der Waals surface area contributed by atoms with Gasteiger partial charge in [0.2, 0.25) is 0 Å². The predicted octanol–water partition coefficient (Wildman–Crippen LogP) is 16.1. The summed E-state index contributed by atoms with van der Waals surface area (Å²) in [7, 11) is -4.15. The normalized spacial score (nSPS) is 13.0. The van der Waals surface area contributed by atoms with E-state index in [1.807, 2.05) is 220 Å². The molecule has 0 saturated carbocycles. The average molecular weight is 1980 g/mol. The Labute approximate surface area is 871 Å². The number of halogens is 1. The van der Waals surface area contributed by atoms with E-state index in [4.69, 9.17) is 23.7 Å². The van der Waals surface area contributed by atoms with Gasteiger partial charge >= 0.3 is 89.0 Å². The van der Waals surface area contributed by atoms with E-state index < -0.39 is 20.5 Å². The number of rotatable bonds is 40. The third-order valence-corrected chi connectivity index (χ3v) is 27.7. The Morgan fingerprint density at radius 3 is 0.825 bits per heavy atom. The summed E-state index contributed by atoms with van der Waals surface area (Å²) in [5.74, 6) is -2.44. The third-order valence-electron chi connectivity index (χ3n) is 18.7. The molecule has 0 saturated heterocycles. The van der Waals surface area contributed by atoms with E-state index in [9.17, 15) is 53.1 Å². The van der Waals surface area contributed by atoms with Gasteiger partial charge in [-0.1, -0.05) is 290 Å². The van der Waals surface area contributed by atoms with Crippen LogP contribution in [0, 0.1) is 0 Å². The molecule has 6 aromatic rings. The predicted molar refractivity (Wildman–Crippen MR) is 566 cm³/mol. The Morgan fingerprint density at radius 1 is 0.321 bits per heavy atom. The van der Waals surface area contributed by atoms with E-state index >= 15 is 0 Å². The van der Waals surface area contributed by atoms with Crippen LogP contribution in [-0.4, -0.2) is 111 Å². The molecular weight excluding hydrogens is 1840 g/mol. The molecule has 6 aromatic carbocycles. The number of carbonyl (C=O) groups excluding carboxylic acids is 10. The zero-order valence-electron chi connectivity index (χ0n) is 83.8. The van der Waals surface area contributed by atoms with Gasteiger partial charge in [0.1, 0.15) is 65.2 Å². The Bertz CT molecular complexity index is 5160. The van der Waals surface area contributed by atoms with Gasteiger partial charge < -0.3 is 43.9 Å². The molecule has 0 aliphatic rings. The minimum atomic E-state index is -2.20. The molecule has 1 unspecified atom stereocenters. The Balaban J connectivity index is -0.000000782. The Morgan fingerprint density at radius 2 is 0.562 bits per heavy atom. The molecule has 0 fully saturated rings. The Hall–Kier alpha value is -11.3. The quantitative estimate of drug-likeness (QED) is 0.00505. The first-order chi connectivity index (χ1) is 63.8. The number of allylic oxidation sites excluding steroid dienone is 37. The van der Waals surface area contributed by atoms with Gasteiger partial charge in [-0.05, 0) is 245 Å². The number of carboxylic acid groups (broad SMARTS) is 1. The molecule has 0 spiro atoms. The zero-order valence-corrected chi connectivity index (χ0v) is 91.3. The maximum Gasteiger partial charge on any atom is 1.00 e.